The summed E-state index contributed by atoms with van der Waals surface area (Å²) in [5.74, 6) is 0. The fourth-order valence-electron chi connectivity index (χ4n) is 23.0. The van der Waals surface area contributed by atoms with E-state index in [0.29, 0.717) is 0 Å². The molecule has 0 fully saturated rings. The molecule has 5 heteroatoms. The number of hydrogen-bond acceptors (Lipinski definition) is 5. The summed E-state index contributed by atoms with van der Waals surface area (Å²) in [5.41, 5.74) is 31.0. The molecule has 0 saturated carbocycles. The lowest BCUT2D eigenvalue weighted by atomic mass is 9.64. The Morgan fingerprint density at radius 1 is 0.148 bits per heavy atom. The van der Waals surface area contributed by atoms with E-state index in [1.165, 1.54) is 154 Å². The number of rotatable bonds is 11. The van der Waals surface area contributed by atoms with Crippen molar-refractivity contribution in [2.75, 3.05) is 24.5 Å². The molecule has 4 aliphatic rings. The van der Waals surface area contributed by atoms with E-state index in [2.05, 4.69) is 528 Å². The molecule has 2 aliphatic carbocycles. The fourth-order valence-corrected chi connectivity index (χ4v) is 23.0. The highest BCUT2D eigenvalue weighted by molar-refractivity contribution is 6.22. The van der Waals surface area contributed by atoms with Crippen LogP contribution >= 0.6 is 0 Å². The first kappa shape index (κ1) is 83.5. The molecule has 644 valence electrons. The van der Waals surface area contributed by atoms with Crippen molar-refractivity contribution in [3.63, 3.8) is 0 Å². The SMILES string of the molecule is C.C.C.C.c1ccc(N2c3ccccc3C3(c4ccccc42)c2cc(N(c4ccccc4)c4cccc5ccccc45)c4ccccc4c2-c2c3cc(N(c3ccccc3)c3cccc4ccccc34)c3ccccc23)cc1.c1ccc(N2c3ccccc3C3(c4ccccc42)c2ccc4ccccc4c2-c2c3cc(N(c3ccccc3)c3cccc4ccccc34)c3ccccc23)cc1. The van der Waals surface area contributed by atoms with E-state index >= 15 is 0 Å². The number of fused-ring (bicyclic) bond motifs is 29. The molecule has 5 nitrogen and oxygen atoms in total. The van der Waals surface area contributed by atoms with Gasteiger partial charge in [-0.2, -0.15) is 0 Å². The van der Waals surface area contributed by atoms with Crippen LogP contribution < -0.4 is 24.5 Å². The molecule has 23 aromatic rings. The van der Waals surface area contributed by atoms with Crippen molar-refractivity contribution in [3.05, 3.63) is 548 Å². The number of benzene rings is 23. The van der Waals surface area contributed by atoms with E-state index in [9.17, 15) is 0 Å². The fraction of sp³-hybridized carbons (Fsp3) is 0.0462. The minimum absolute atomic E-state index is 0. The van der Waals surface area contributed by atoms with Crippen LogP contribution in [-0.4, -0.2) is 0 Å². The zero-order chi connectivity index (χ0) is 86.2. The van der Waals surface area contributed by atoms with Crippen molar-refractivity contribution in [2.45, 2.75) is 40.5 Å². The third-order valence-electron chi connectivity index (χ3n) is 28.1. The van der Waals surface area contributed by atoms with Crippen molar-refractivity contribution >= 4 is 161 Å². The zero-order valence-corrected chi connectivity index (χ0v) is 71.7. The predicted molar refractivity (Wildman–Crippen MR) is 577 cm³/mol. The summed E-state index contributed by atoms with van der Waals surface area (Å²) >= 11 is 0. The molecule has 0 bridgehead atoms. The second-order valence-electron chi connectivity index (χ2n) is 34.7. The van der Waals surface area contributed by atoms with E-state index in [1.807, 2.05) is 0 Å². The predicted octanol–water partition coefficient (Wildman–Crippen LogP) is 36.7. The average molecular weight is 1730 g/mol. The first-order valence-corrected chi connectivity index (χ1v) is 45.4. The van der Waals surface area contributed by atoms with Gasteiger partial charge < -0.3 is 24.5 Å². The maximum absolute atomic E-state index is 2.58. The number of nitrogens with zero attached hydrogens (tertiary/aromatic N) is 5. The molecule has 0 saturated heterocycles. The van der Waals surface area contributed by atoms with E-state index in [-0.39, 0.29) is 29.7 Å². The molecule has 27 rings (SSSR count). The summed E-state index contributed by atoms with van der Waals surface area (Å²) in [7, 11) is 0. The molecule has 0 N–H and O–H groups in total. The van der Waals surface area contributed by atoms with Gasteiger partial charge in [0.1, 0.15) is 0 Å². The van der Waals surface area contributed by atoms with E-state index < -0.39 is 10.8 Å². The molecule has 2 spiro atoms. The number of anilines is 15. The van der Waals surface area contributed by atoms with Crippen LogP contribution in [0.15, 0.2) is 504 Å². The van der Waals surface area contributed by atoms with Gasteiger partial charge in [0, 0.05) is 60.8 Å². The maximum atomic E-state index is 2.58. The van der Waals surface area contributed by atoms with E-state index in [0.717, 1.165) is 73.9 Å². The van der Waals surface area contributed by atoms with Gasteiger partial charge in [-0.1, -0.05) is 412 Å². The third kappa shape index (κ3) is 12.5. The highest BCUT2D eigenvalue weighted by Crippen LogP contribution is 2.70. The van der Waals surface area contributed by atoms with Gasteiger partial charge in [-0.05, 0) is 231 Å². The second-order valence-corrected chi connectivity index (χ2v) is 34.7. The first-order valence-electron chi connectivity index (χ1n) is 45.4. The molecule has 23 aromatic carbocycles. The zero-order valence-electron chi connectivity index (χ0n) is 71.7. The molecule has 0 atom stereocenters. The summed E-state index contributed by atoms with van der Waals surface area (Å²) in [6.07, 6.45) is 0. The van der Waals surface area contributed by atoms with Crippen molar-refractivity contribution in [1.29, 1.82) is 0 Å². The standard InChI is InChI=1S/C71H47N3.C55H36N2.4CH4/c1-4-28-50(29-5-1)72(63-44-22-26-48-24-10-12-34-53(48)63)67-46-61-69(57-38-16-14-36-55(57)67)70-58-39-17-15-37-56(58)68(73(51-30-6-2-7-31-51)64-45-23-27-49-25-11-13-35-54(49)64)47-62(70)71(61)59-40-18-20-42-65(59)74(52-32-8-3-9-33-52)66-43-21-19-41-60(66)71;1-3-21-39(22-4-1)56(49-33-17-20-37-18-7-9-25-41(37)49)52-36-48-54(44-28-12-11-27-43(44)52)53-42-26-10-8-19-38(42)34-35-47(53)55(48)45-29-13-15-31-50(45)57(40-23-5-2-6-24-40)51-32-16-14-30-46(51)55;;;;/h1-47H;1-36H;4*1H4. The molecule has 0 aromatic heterocycles. The maximum Gasteiger partial charge on any atom is 0.0756 e. The van der Waals surface area contributed by atoms with Gasteiger partial charge >= 0.3 is 0 Å². The van der Waals surface area contributed by atoms with Gasteiger partial charge in [-0.3, -0.25) is 0 Å². The van der Waals surface area contributed by atoms with Crippen LogP contribution in [0.4, 0.5) is 85.3 Å². The molecule has 0 unspecified atom stereocenters. The summed E-state index contributed by atoms with van der Waals surface area (Å²) in [5, 5.41) is 17.0. The van der Waals surface area contributed by atoms with Crippen LogP contribution in [0.25, 0.3) is 97.7 Å². The van der Waals surface area contributed by atoms with Crippen molar-refractivity contribution in [1.82, 2.24) is 0 Å². The molecule has 2 heterocycles. The smallest absolute Gasteiger partial charge is 0.0756 e. The topological polar surface area (TPSA) is 16.2 Å². The van der Waals surface area contributed by atoms with Gasteiger partial charge in [0.15, 0.2) is 0 Å². The molecular formula is C130H99N5. The Morgan fingerprint density at radius 3 is 0.681 bits per heavy atom. The Labute approximate surface area is 790 Å². The third-order valence-corrected chi connectivity index (χ3v) is 28.1. The van der Waals surface area contributed by atoms with E-state index in [1.54, 1.807) is 0 Å². The second kappa shape index (κ2) is 33.7. The normalized spacial score (nSPS) is 12.7. The summed E-state index contributed by atoms with van der Waals surface area (Å²) < 4.78 is 0. The van der Waals surface area contributed by atoms with Gasteiger partial charge in [-0.15, -0.1) is 0 Å². The van der Waals surface area contributed by atoms with Crippen LogP contribution in [0.3, 0.4) is 0 Å². The van der Waals surface area contributed by atoms with Crippen molar-refractivity contribution < 1.29 is 0 Å². The van der Waals surface area contributed by atoms with Gasteiger partial charge in [0.05, 0.1) is 67.7 Å². The molecule has 2 aliphatic heterocycles. The Morgan fingerprint density at radius 2 is 0.370 bits per heavy atom. The minimum Gasteiger partial charge on any atom is -0.310 e. The Kier molecular flexibility index (Phi) is 20.8. The van der Waals surface area contributed by atoms with Crippen LogP contribution in [-0.2, 0) is 10.8 Å². The number of hydrogen-bond donors (Lipinski definition) is 0. The summed E-state index contributed by atoms with van der Waals surface area (Å²) in [6.45, 7) is 0. The van der Waals surface area contributed by atoms with Crippen molar-refractivity contribution in [2.24, 2.45) is 0 Å². The van der Waals surface area contributed by atoms with Crippen LogP contribution in [0.5, 0.6) is 0 Å². The Hall–Kier alpha value is -17.1. The Bertz CT molecular complexity index is 8200. The van der Waals surface area contributed by atoms with Gasteiger partial charge in [0.25, 0.3) is 0 Å². The van der Waals surface area contributed by atoms with Crippen LogP contribution in [0, 0.1) is 0 Å². The Balaban J connectivity index is 0.000000157. The summed E-state index contributed by atoms with van der Waals surface area (Å²) in [6, 6.07) is 186. The first-order chi connectivity index (χ1) is 65.1. The van der Waals surface area contributed by atoms with Crippen LogP contribution in [0.1, 0.15) is 74.2 Å². The largest absolute Gasteiger partial charge is 0.310 e. The lowest BCUT2D eigenvalue weighted by Gasteiger charge is -2.45. The lowest BCUT2D eigenvalue weighted by molar-refractivity contribution is 0.753. The quantitative estimate of drug-likeness (QED) is 0.128. The van der Waals surface area contributed by atoms with Crippen LogP contribution in [0.2, 0.25) is 0 Å². The molecule has 135 heavy (non-hydrogen) atoms. The monoisotopic (exact) mass is 1730 g/mol. The van der Waals surface area contributed by atoms with E-state index in [4.69, 9.17) is 0 Å². The summed E-state index contributed by atoms with van der Waals surface area (Å²) in [4.78, 5) is 12.5. The number of para-hydroxylation sites is 9. The highest BCUT2D eigenvalue weighted by atomic mass is 15.2. The lowest BCUT2D eigenvalue weighted by Crippen LogP contribution is -2.36. The molecule has 0 radical (unpaired) electrons. The minimum atomic E-state index is -0.803. The van der Waals surface area contributed by atoms with Gasteiger partial charge in [0.2, 0.25) is 0 Å². The molecular weight excluding hydrogens is 1630 g/mol. The van der Waals surface area contributed by atoms with Crippen molar-refractivity contribution in [3.8, 4) is 22.3 Å². The highest BCUT2D eigenvalue weighted by Gasteiger charge is 2.56. The molecule has 0 amide bonds. The van der Waals surface area contributed by atoms with Gasteiger partial charge in [-0.25, -0.2) is 0 Å². The average Bonchev–Trinajstić information content (AvgIpc) is 1.50.